The zero-order valence-corrected chi connectivity index (χ0v) is 17.3. The number of nitrogens with one attached hydrogen (secondary N) is 1. The average Bonchev–Trinajstić information content (AvgIpc) is 3.31. The minimum Gasteiger partial charge on any atom is -0.322 e. The predicted octanol–water partition coefficient (Wildman–Crippen LogP) is 4.26. The van der Waals surface area contributed by atoms with Crippen molar-refractivity contribution in [2.45, 2.75) is 27.2 Å². The highest BCUT2D eigenvalue weighted by molar-refractivity contribution is 6.25. The van der Waals surface area contributed by atoms with Gasteiger partial charge in [-0.2, -0.15) is 0 Å². The Bertz CT molecular complexity index is 1110. The first kappa shape index (κ1) is 18.8. The van der Waals surface area contributed by atoms with Crippen molar-refractivity contribution < 1.29 is 14.4 Å². The standard InChI is InChI=1S/C25H24N2O3/c1-13-8-14(2)10-17(9-13)26-23(28)18-6-4-5-7-20(18)27-24(29)21-16-11-15(3)19(12-16)22(21)25(27)30/h4-11,16,19,21-22H,12H2,1-3H3,(H,26,28)/t16-,19+,21-,22+/m1/s1. The fourth-order valence-electron chi connectivity index (χ4n) is 5.62. The predicted molar refractivity (Wildman–Crippen MR) is 115 cm³/mol. The molecule has 5 nitrogen and oxygen atoms in total. The van der Waals surface area contributed by atoms with E-state index < -0.39 is 0 Å². The topological polar surface area (TPSA) is 66.5 Å². The molecule has 152 valence electrons. The summed E-state index contributed by atoms with van der Waals surface area (Å²) in [4.78, 5) is 40.9. The number of nitrogens with zero attached hydrogens (tertiary/aromatic N) is 1. The maximum Gasteiger partial charge on any atom is 0.257 e. The summed E-state index contributed by atoms with van der Waals surface area (Å²) < 4.78 is 0. The Balaban J connectivity index is 1.48. The van der Waals surface area contributed by atoms with Crippen LogP contribution in [-0.4, -0.2) is 17.7 Å². The number of anilines is 2. The number of carbonyl (C=O) groups is 3. The number of hydrogen-bond donors (Lipinski definition) is 1. The van der Waals surface area contributed by atoms with Crippen LogP contribution in [0.25, 0.3) is 0 Å². The number of aryl methyl sites for hydroxylation is 2. The number of fused-ring (bicyclic) bond motifs is 5. The lowest BCUT2D eigenvalue weighted by Crippen LogP contribution is -2.34. The lowest BCUT2D eigenvalue weighted by molar-refractivity contribution is -0.123. The summed E-state index contributed by atoms with van der Waals surface area (Å²) in [7, 11) is 0. The molecule has 2 fully saturated rings. The summed E-state index contributed by atoms with van der Waals surface area (Å²) in [6.07, 6.45) is 3.04. The maximum atomic E-state index is 13.3. The highest BCUT2D eigenvalue weighted by Gasteiger charge is 2.61. The molecular formula is C25H24N2O3. The van der Waals surface area contributed by atoms with E-state index in [-0.39, 0.29) is 41.4 Å². The van der Waals surface area contributed by atoms with E-state index in [4.69, 9.17) is 0 Å². The lowest BCUT2D eigenvalue weighted by atomic mass is 9.82. The molecule has 30 heavy (non-hydrogen) atoms. The fraction of sp³-hybridized carbons (Fsp3) is 0.320. The van der Waals surface area contributed by atoms with Crippen molar-refractivity contribution >= 4 is 29.1 Å². The zero-order valence-electron chi connectivity index (χ0n) is 17.3. The van der Waals surface area contributed by atoms with Crippen molar-refractivity contribution in [1.82, 2.24) is 0 Å². The molecule has 4 atom stereocenters. The van der Waals surface area contributed by atoms with Crippen LogP contribution >= 0.6 is 0 Å². The summed E-state index contributed by atoms with van der Waals surface area (Å²) in [6, 6.07) is 12.7. The number of para-hydroxylation sites is 1. The molecule has 1 saturated heterocycles. The second-order valence-electron chi connectivity index (χ2n) is 8.83. The molecule has 0 radical (unpaired) electrons. The normalized spacial score (nSPS) is 26.8. The molecule has 2 aliphatic carbocycles. The summed E-state index contributed by atoms with van der Waals surface area (Å²) >= 11 is 0. The largest absolute Gasteiger partial charge is 0.322 e. The first-order valence-electron chi connectivity index (χ1n) is 10.4. The third kappa shape index (κ3) is 2.72. The maximum absolute atomic E-state index is 13.3. The van der Waals surface area contributed by atoms with Gasteiger partial charge in [-0.1, -0.05) is 29.8 Å². The minimum absolute atomic E-state index is 0.137. The molecule has 1 aliphatic heterocycles. The molecular weight excluding hydrogens is 376 g/mol. The van der Waals surface area contributed by atoms with Crippen LogP contribution in [0.4, 0.5) is 11.4 Å². The van der Waals surface area contributed by atoms with E-state index in [9.17, 15) is 14.4 Å². The number of amides is 3. The molecule has 1 heterocycles. The van der Waals surface area contributed by atoms with Gasteiger partial charge in [0.25, 0.3) is 5.91 Å². The smallest absolute Gasteiger partial charge is 0.257 e. The molecule has 3 aliphatic rings. The van der Waals surface area contributed by atoms with Crippen molar-refractivity contribution in [3.05, 3.63) is 70.8 Å². The number of allylic oxidation sites excluding steroid dienone is 2. The summed E-state index contributed by atoms with van der Waals surface area (Å²) in [6.45, 7) is 6.00. The molecule has 3 amide bonds. The minimum atomic E-state index is -0.328. The van der Waals surface area contributed by atoms with Gasteiger partial charge in [-0.25, -0.2) is 4.90 Å². The van der Waals surface area contributed by atoms with Crippen molar-refractivity contribution in [2.24, 2.45) is 23.7 Å². The Labute approximate surface area is 175 Å². The molecule has 0 aromatic heterocycles. The van der Waals surface area contributed by atoms with Gasteiger partial charge in [0.05, 0.1) is 23.1 Å². The number of carbonyl (C=O) groups excluding carboxylic acids is 3. The Kier molecular flexibility index (Phi) is 4.17. The van der Waals surface area contributed by atoms with Crippen molar-refractivity contribution in [3.63, 3.8) is 0 Å². The monoisotopic (exact) mass is 400 g/mol. The Hall–Kier alpha value is -3.21. The van der Waals surface area contributed by atoms with Crippen LogP contribution < -0.4 is 10.2 Å². The van der Waals surface area contributed by atoms with Crippen LogP contribution in [0.2, 0.25) is 0 Å². The van der Waals surface area contributed by atoms with Gasteiger partial charge in [0.1, 0.15) is 0 Å². The first-order valence-corrected chi connectivity index (χ1v) is 10.4. The van der Waals surface area contributed by atoms with Gasteiger partial charge < -0.3 is 5.32 Å². The van der Waals surface area contributed by atoms with E-state index in [1.807, 2.05) is 39.0 Å². The first-order chi connectivity index (χ1) is 14.3. The molecule has 1 saturated carbocycles. The molecule has 5 heteroatoms. The van der Waals surface area contributed by atoms with Crippen molar-refractivity contribution in [2.75, 3.05) is 10.2 Å². The lowest BCUT2D eigenvalue weighted by Gasteiger charge is -2.20. The van der Waals surface area contributed by atoms with Crippen LogP contribution in [0.15, 0.2) is 54.1 Å². The number of rotatable bonds is 3. The van der Waals surface area contributed by atoms with Crippen LogP contribution in [-0.2, 0) is 9.59 Å². The highest BCUT2D eigenvalue weighted by Crippen LogP contribution is 2.56. The number of hydrogen-bond acceptors (Lipinski definition) is 3. The average molecular weight is 400 g/mol. The second-order valence-corrected chi connectivity index (χ2v) is 8.83. The molecule has 2 aromatic carbocycles. The van der Waals surface area contributed by atoms with E-state index in [0.29, 0.717) is 16.9 Å². The molecule has 2 bridgehead atoms. The summed E-state index contributed by atoms with van der Waals surface area (Å²) in [5.74, 6) is -0.963. The van der Waals surface area contributed by atoms with E-state index in [1.54, 1.807) is 24.3 Å². The Morgan fingerprint density at radius 1 is 0.967 bits per heavy atom. The Morgan fingerprint density at radius 2 is 1.63 bits per heavy atom. The highest BCUT2D eigenvalue weighted by atomic mass is 16.2. The molecule has 0 spiro atoms. The van der Waals surface area contributed by atoms with Gasteiger partial charge in [0, 0.05) is 5.69 Å². The van der Waals surface area contributed by atoms with Crippen LogP contribution in [0.3, 0.4) is 0 Å². The van der Waals surface area contributed by atoms with Crippen LogP contribution in [0.1, 0.15) is 34.8 Å². The summed E-state index contributed by atoms with van der Waals surface area (Å²) in [5, 5.41) is 2.92. The van der Waals surface area contributed by atoms with Crippen molar-refractivity contribution in [1.29, 1.82) is 0 Å². The number of benzene rings is 2. The van der Waals surface area contributed by atoms with Gasteiger partial charge in [-0.15, -0.1) is 0 Å². The van der Waals surface area contributed by atoms with Crippen molar-refractivity contribution in [3.8, 4) is 0 Å². The number of imide groups is 1. The van der Waals surface area contributed by atoms with E-state index in [2.05, 4.69) is 11.4 Å². The van der Waals surface area contributed by atoms with E-state index in [0.717, 1.165) is 17.5 Å². The third-order valence-electron chi connectivity index (χ3n) is 6.75. The van der Waals surface area contributed by atoms with Gasteiger partial charge in [-0.05, 0) is 74.4 Å². The summed E-state index contributed by atoms with van der Waals surface area (Å²) in [5.41, 5.74) is 4.71. The molecule has 1 N–H and O–H groups in total. The Morgan fingerprint density at radius 3 is 2.37 bits per heavy atom. The van der Waals surface area contributed by atoms with Crippen LogP contribution in [0, 0.1) is 37.5 Å². The van der Waals surface area contributed by atoms with E-state index in [1.165, 1.54) is 10.5 Å². The quantitative estimate of drug-likeness (QED) is 0.618. The zero-order chi connectivity index (χ0) is 21.2. The van der Waals surface area contributed by atoms with Gasteiger partial charge in [0.15, 0.2) is 0 Å². The fourth-order valence-corrected chi connectivity index (χ4v) is 5.62. The SMILES string of the molecule is CC1=C[C@@H]2C[C@@H]1[C@@H]1C(=O)N(c3ccccc3C(=O)Nc3cc(C)cc(C)c3)C(=O)[C@@H]12. The molecule has 0 unspecified atom stereocenters. The van der Waals surface area contributed by atoms with Gasteiger partial charge in [0.2, 0.25) is 11.8 Å². The molecule has 2 aromatic rings. The van der Waals surface area contributed by atoms with Gasteiger partial charge in [-0.3, -0.25) is 14.4 Å². The van der Waals surface area contributed by atoms with E-state index >= 15 is 0 Å². The van der Waals surface area contributed by atoms with Crippen LogP contribution in [0.5, 0.6) is 0 Å². The molecule has 5 rings (SSSR count). The third-order valence-corrected chi connectivity index (χ3v) is 6.75. The van der Waals surface area contributed by atoms with Gasteiger partial charge >= 0.3 is 0 Å². The second kappa shape index (κ2) is 6.66.